The number of ether oxygens (including phenoxy) is 2. The average Bonchev–Trinajstić information content (AvgIpc) is 3.35. The number of hydrogen-bond donors (Lipinski definition) is 1. The number of hydrogen-bond acceptors (Lipinski definition) is 7. The molecular weight excluding hydrogens is 485 g/mol. The fourth-order valence-corrected chi connectivity index (χ4v) is 6.55. The third kappa shape index (κ3) is 4.43. The summed E-state index contributed by atoms with van der Waals surface area (Å²) in [5.41, 5.74) is 3.88. The van der Waals surface area contributed by atoms with Crippen molar-refractivity contribution in [1.29, 1.82) is 0 Å². The highest BCUT2D eigenvalue weighted by molar-refractivity contribution is 5.76. The molecule has 9 heteroatoms. The lowest BCUT2D eigenvalue weighted by Crippen LogP contribution is -2.56. The van der Waals surface area contributed by atoms with Gasteiger partial charge in [-0.05, 0) is 69.4 Å². The Bertz CT molecular complexity index is 1200. The minimum atomic E-state index is -1.11. The minimum Gasteiger partial charge on any atom is -0.380 e. The highest BCUT2D eigenvalue weighted by Gasteiger charge is 2.42. The highest BCUT2D eigenvalue weighted by atomic mass is 19.1. The maximum atomic E-state index is 14.2. The Morgan fingerprint density at radius 3 is 2.68 bits per heavy atom. The van der Waals surface area contributed by atoms with Crippen LogP contribution in [0, 0.1) is 5.82 Å². The number of nitrogens with zero attached hydrogens (tertiary/aromatic N) is 5. The van der Waals surface area contributed by atoms with Crippen molar-refractivity contribution in [2.75, 3.05) is 51.4 Å². The summed E-state index contributed by atoms with van der Waals surface area (Å²) in [5.74, 6) is -0.328. The zero-order valence-electron chi connectivity index (χ0n) is 22.9. The molecule has 0 saturated carbocycles. The molecular formula is C29H40FN5O3. The number of likely N-dealkylation sites (N-methyl/N-ethyl adjacent to an activating group) is 1. The van der Waals surface area contributed by atoms with Crippen molar-refractivity contribution in [3.63, 3.8) is 0 Å². The van der Waals surface area contributed by atoms with Crippen LogP contribution in [0.5, 0.6) is 0 Å². The second-order valence-electron chi connectivity index (χ2n) is 11.6. The Morgan fingerprint density at radius 2 is 1.97 bits per heavy atom. The van der Waals surface area contributed by atoms with E-state index in [-0.39, 0.29) is 43.4 Å². The molecule has 0 bridgehead atoms. The molecule has 2 aromatic rings. The summed E-state index contributed by atoms with van der Waals surface area (Å²) >= 11 is 0. The molecule has 3 saturated heterocycles. The summed E-state index contributed by atoms with van der Waals surface area (Å²) in [4.78, 5) is 7.23. The van der Waals surface area contributed by atoms with E-state index in [1.165, 1.54) is 24.3 Å². The van der Waals surface area contributed by atoms with E-state index in [1.54, 1.807) is 0 Å². The molecule has 0 spiro atoms. The Labute approximate surface area is 224 Å². The van der Waals surface area contributed by atoms with Crippen molar-refractivity contribution in [2.45, 2.75) is 70.0 Å². The normalized spacial score (nSPS) is 28.5. The van der Waals surface area contributed by atoms with Crippen molar-refractivity contribution in [1.82, 2.24) is 19.6 Å². The van der Waals surface area contributed by atoms with Gasteiger partial charge in [0.1, 0.15) is 23.3 Å². The smallest absolute Gasteiger partial charge is 0.150 e. The van der Waals surface area contributed by atoms with E-state index in [4.69, 9.17) is 14.6 Å². The zero-order valence-corrected chi connectivity index (χ0v) is 22.9. The van der Waals surface area contributed by atoms with Gasteiger partial charge < -0.3 is 24.4 Å². The first-order chi connectivity index (χ1) is 18.2. The van der Waals surface area contributed by atoms with E-state index < -0.39 is 5.60 Å². The second kappa shape index (κ2) is 9.93. The fraction of sp³-hybridized carbons (Fsp3) is 0.621. The van der Waals surface area contributed by atoms with E-state index in [1.807, 2.05) is 10.7 Å². The van der Waals surface area contributed by atoms with Crippen LogP contribution in [0.1, 0.15) is 69.1 Å². The van der Waals surface area contributed by atoms with Gasteiger partial charge in [0.2, 0.25) is 0 Å². The van der Waals surface area contributed by atoms with Crippen LogP contribution < -0.4 is 4.90 Å². The molecule has 38 heavy (non-hydrogen) atoms. The zero-order chi connectivity index (χ0) is 26.6. The van der Waals surface area contributed by atoms with Crippen LogP contribution in [0.2, 0.25) is 0 Å². The summed E-state index contributed by atoms with van der Waals surface area (Å²) in [6, 6.07) is 5.35. The first-order valence-electron chi connectivity index (χ1n) is 14.0. The van der Waals surface area contributed by atoms with Gasteiger partial charge in [-0.15, -0.1) is 0 Å². The van der Waals surface area contributed by atoms with Gasteiger partial charge in [0, 0.05) is 51.4 Å². The van der Waals surface area contributed by atoms with Gasteiger partial charge in [-0.1, -0.05) is 6.07 Å². The monoisotopic (exact) mass is 525 g/mol. The standard InChI is InChI=1S/C29H40FN5O3/c1-19-15-34(25-10-11-32(4)26-16-35(31-28(25)26)27-7-5-6-12-38-27)20(2)14-33(19)21(3)23-9-8-22(30)13-24(23)29(36)17-37-18-29/h8-10,13,16,19-21,27,36H,5-7,11-12,14-15,17-18H2,1-4H3/t19-,20+,21?,27?/m1/s1. The number of halogens is 1. The van der Waals surface area contributed by atoms with E-state index in [2.05, 4.69) is 54.8 Å². The molecule has 4 aliphatic heterocycles. The van der Waals surface area contributed by atoms with E-state index in [9.17, 15) is 9.50 Å². The van der Waals surface area contributed by atoms with Gasteiger partial charge in [-0.2, -0.15) is 5.10 Å². The molecule has 4 atom stereocenters. The highest BCUT2D eigenvalue weighted by Crippen LogP contribution is 2.40. The van der Waals surface area contributed by atoms with Gasteiger partial charge in [-0.3, -0.25) is 4.90 Å². The summed E-state index contributed by atoms with van der Waals surface area (Å²) in [5, 5.41) is 16.1. The molecule has 6 rings (SSSR count). The van der Waals surface area contributed by atoms with Crippen LogP contribution in [0.15, 0.2) is 30.5 Å². The van der Waals surface area contributed by atoms with Crippen LogP contribution in [0.25, 0.3) is 5.70 Å². The Kier molecular flexibility index (Phi) is 6.74. The van der Waals surface area contributed by atoms with Crippen molar-refractivity contribution >= 4 is 11.4 Å². The van der Waals surface area contributed by atoms with Gasteiger partial charge in [-0.25, -0.2) is 9.07 Å². The molecule has 1 aromatic heterocycles. The Balaban J connectivity index is 1.24. The number of rotatable bonds is 5. The first kappa shape index (κ1) is 25.8. The number of aromatic nitrogens is 2. The van der Waals surface area contributed by atoms with Crippen molar-refractivity contribution in [3.05, 3.63) is 53.1 Å². The van der Waals surface area contributed by atoms with Crippen LogP contribution in [-0.4, -0.2) is 83.3 Å². The summed E-state index contributed by atoms with van der Waals surface area (Å²) in [7, 11) is 2.12. The van der Waals surface area contributed by atoms with Crippen LogP contribution in [0.3, 0.4) is 0 Å². The average molecular weight is 526 g/mol. The molecule has 1 aromatic carbocycles. The van der Waals surface area contributed by atoms with Crippen molar-refractivity contribution in [2.24, 2.45) is 0 Å². The van der Waals surface area contributed by atoms with E-state index >= 15 is 0 Å². The quantitative estimate of drug-likeness (QED) is 0.636. The molecule has 4 aliphatic rings. The molecule has 0 radical (unpaired) electrons. The molecule has 8 nitrogen and oxygen atoms in total. The van der Waals surface area contributed by atoms with Gasteiger partial charge in [0.25, 0.3) is 0 Å². The second-order valence-corrected chi connectivity index (χ2v) is 11.6. The van der Waals surface area contributed by atoms with Crippen LogP contribution in [-0.2, 0) is 15.1 Å². The number of fused-ring (bicyclic) bond motifs is 1. The van der Waals surface area contributed by atoms with Gasteiger partial charge in [0.15, 0.2) is 0 Å². The van der Waals surface area contributed by atoms with Crippen LogP contribution in [0.4, 0.5) is 10.1 Å². The first-order valence-corrected chi connectivity index (χ1v) is 14.0. The van der Waals surface area contributed by atoms with Crippen molar-refractivity contribution < 1.29 is 19.0 Å². The molecule has 2 unspecified atom stereocenters. The van der Waals surface area contributed by atoms with E-state index in [0.29, 0.717) is 5.56 Å². The number of piperazine rings is 1. The van der Waals surface area contributed by atoms with E-state index in [0.717, 1.165) is 56.0 Å². The lowest BCUT2D eigenvalue weighted by atomic mass is 9.85. The maximum absolute atomic E-state index is 14.2. The number of benzene rings is 1. The Hall–Kier alpha value is -2.46. The predicted molar refractivity (Wildman–Crippen MR) is 144 cm³/mol. The number of anilines is 1. The van der Waals surface area contributed by atoms with Crippen molar-refractivity contribution in [3.8, 4) is 0 Å². The Morgan fingerprint density at radius 1 is 1.16 bits per heavy atom. The largest absolute Gasteiger partial charge is 0.380 e. The third-order valence-corrected chi connectivity index (χ3v) is 8.87. The predicted octanol–water partition coefficient (Wildman–Crippen LogP) is 3.89. The lowest BCUT2D eigenvalue weighted by molar-refractivity contribution is -0.185. The molecule has 5 heterocycles. The topological polar surface area (TPSA) is 66.2 Å². The minimum absolute atomic E-state index is 0.0128. The SMILES string of the molecule is CC(c1ccc(F)cc1C1(O)COC1)N1C[C@H](C)N(C2=CCN(C)c3cn(C4CCCCO4)nc32)C[C@H]1C. The summed E-state index contributed by atoms with van der Waals surface area (Å²) in [6.07, 6.45) is 7.75. The van der Waals surface area contributed by atoms with Gasteiger partial charge in [0.05, 0.1) is 30.8 Å². The summed E-state index contributed by atoms with van der Waals surface area (Å²) in [6.45, 7) is 10.4. The third-order valence-electron chi connectivity index (χ3n) is 8.87. The number of aliphatic hydroxyl groups is 1. The lowest BCUT2D eigenvalue weighted by Gasteiger charge is -2.49. The van der Waals surface area contributed by atoms with Gasteiger partial charge >= 0.3 is 0 Å². The molecule has 206 valence electrons. The molecule has 0 amide bonds. The maximum Gasteiger partial charge on any atom is 0.150 e. The molecule has 1 N–H and O–H groups in total. The molecule has 3 fully saturated rings. The summed E-state index contributed by atoms with van der Waals surface area (Å²) < 4.78 is 27.6. The fourth-order valence-electron chi connectivity index (χ4n) is 6.55. The molecule has 0 aliphatic carbocycles. The van der Waals surface area contributed by atoms with Crippen LogP contribution >= 0.6 is 0 Å².